The normalized spacial score (nSPS) is 17.5. The van der Waals surface area contributed by atoms with Gasteiger partial charge in [-0.05, 0) is 48.7 Å². The van der Waals surface area contributed by atoms with Crippen molar-refractivity contribution in [2.45, 2.75) is 43.1 Å². The zero-order valence-corrected chi connectivity index (χ0v) is 19.1. The maximum Gasteiger partial charge on any atom is 0.240 e. The summed E-state index contributed by atoms with van der Waals surface area (Å²) in [6.45, 7) is 4.02. The molecule has 7 nitrogen and oxygen atoms in total. The third kappa shape index (κ3) is 4.50. The first-order valence-corrected chi connectivity index (χ1v) is 11.3. The molecule has 0 aliphatic carbocycles. The van der Waals surface area contributed by atoms with E-state index in [4.69, 9.17) is 16.3 Å². The van der Waals surface area contributed by atoms with Gasteiger partial charge in [0.05, 0.1) is 13.2 Å². The van der Waals surface area contributed by atoms with Gasteiger partial charge < -0.3 is 15.5 Å². The molecule has 9 heteroatoms. The van der Waals surface area contributed by atoms with E-state index in [1.165, 1.54) is 11.8 Å². The predicted octanol–water partition coefficient (Wildman–Crippen LogP) is 4.60. The molecule has 2 atom stereocenters. The van der Waals surface area contributed by atoms with E-state index in [0.717, 1.165) is 35.5 Å². The predicted molar refractivity (Wildman–Crippen MR) is 124 cm³/mol. The molecule has 3 aromatic rings. The zero-order chi connectivity index (χ0) is 22.0. The van der Waals surface area contributed by atoms with Crippen LogP contribution in [-0.4, -0.2) is 33.1 Å². The molecule has 0 saturated heterocycles. The second kappa shape index (κ2) is 9.20. The van der Waals surface area contributed by atoms with Crippen molar-refractivity contribution in [3.05, 3.63) is 64.4 Å². The van der Waals surface area contributed by atoms with Crippen LogP contribution in [0.25, 0.3) is 0 Å². The largest absolute Gasteiger partial charge is 0.497 e. The minimum Gasteiger partial charge on any atom is -0.497 e. The van der Waals surface area contributed by atoms with Gasteiger partial charge in [-0.3, -0.25) is 4.79 Å². The van der Waals surface area contributed by atoms with E-state index >= 15 is 0 Å². The van der Waals surface area contributed by atoms with Gasteiger partial charge in [-0.1, -0.05) is 48.5 Å². The smallest absolute Gasteiger partial charge is 0.240 e. The van der Waals surface area contributed by atoms with Gasteiger partial charge in [0.2, 0.25) is 11.1 Å². The van der Waals surface area contributed by atoms with Gasteiger partial charge in [-0.2, -0.15) is 0 Å². The lowest BCUT2D eigenvalue weighted by Gasteiger charge is -2.33. The zero-order valence-electron chi connectivity index (χ0n) is 17.6. The third-order valence-corrected chi connectivity index (χ3v) is 6.77. The monoisotopic (exact) mass is 457 g/mol. The van der Waals surface area contributed by atoms with Gasteiger partial charge in [0.1, 0.15) is 11.0 Å². The molecule has 0 unspecified atom stereocenters. The number of aryl methyl sites for hydroxylation is 2. The Morgan fingerprint density at radius 1 is 1.26 bits per heavy atom. The van der Waals surface area contributed by atoms with E-state index in [-0.39, 0.29) is 11.9 Å². The van der Waals surface area contributed by atoms with E-state index in [1.807, 2.05) is 48.0 Å². The molecule has 1 aliphatic heterocycles. The lowest BCUT2D eigenvalue weighted by atomic mass is 10.0. The Hall–Kier alpha value is -2.71. The van der Waals surface area contributed by atoms with Crippen LogP contribution in [0.4, 0.5) is 5.69 Å². The van der Waals surface area contributed by atoms with Crippen molar-refractivity contribution in [1.29, 1.82) is 0 Å². The highest BCUT2D eigenvalue weighted by atomic mass is 35.5. The van der Waals surface area contributed by atoms with E-state index in [2.05, 4.69) is 27.9 Å². The van der Waals surface area contributed by atoms with Gasteiger partial charge >= 0.3 is 0 Å². The molecule has 162 valence electrons. The summed E-state index contributed by atoms with van der Waals surface area (Å²) in [5, 5.41) is 12.4. The van der Waals surface area contributed by atoms with Crippen LogP contribution in [0.3, 0.4) is 0 Å². The fourth-order valence-electron chi connectivity index (χ4n) is 3.43. The minimum atomic E-state index is -0.459. The molecule has 0 spiro atoms. The van der Waals surface area contributed by atoms with E-state index in [9.17, 15) is 4.79 Å². The van der Waals surface area contributed by atoms with Crippen molar-refractivity contribution in [2.24, 2.45) is 0 Å². The molecule has 0 radical (unpaired) electrons. The standard InChI is InChI=1S/C22H24ClN5O2S/c1-4-5-18-25-26-22-28(18)27-19(14-7-10-16(30-3)11-8-14)20(31-22)21(29)24-15-9-6-13(2)17(23)12-15/h6-12,19-20,27H,4-5H2,1-3H3,(H,24,29)/t19-,20-/m1/s1. The number of benzene rings is 2. The number of amides is 1. The van der Waals surface area contributed by atoms with E-state index < -0.39 is 5.25 Å². The second-order valence-electron chi connectivity index (χ2n) is 7.36. The first-order valence-electron chi connectivity index (χ1n) is 10.1. The molecular formula is C22H24ClN5O2S. The summed E-state index contributed by atoms with van der Waals surface area (Å²) in [5.41, 5.74) is 6.05. The van der Waals surface area contributed by atoms with Gasteiger partial charge in [-0.25, -0.2) is 4.68 Å². The Labute approximate surface area is 190 Å². The summed E-state index contributed by atoms with van der Waals surface area (Å²) in [7, 11) is 1.63. The molecule has 31 heavy (non-hydrogen) atoms. The Morgan fingerprint density at radius 2 is 2.03 bits per heavy atom. The Kier molecular flexibility index (Phi) is 6.38. The number of thioether (sulfide) groups is 1. The van der Waals surface area contributed by atoms with Crippen LogP contribution < -0.4 is 15.5 Å². The van der Waals surface area contributed by atoms with Crippen LogP contribution >= 0.6 is 23.4 Å². The highest BCUT2D eigenvalue weighted by molar-refractivity contribution is 8.00. The number of rotatable bonds is 6. The molecule has 1 amide bonds. The van der Waals surface area contributed by atoms with E-state index in [1.54, 1.807) is 13.2 Å². The van der Waals surface area contributed by atoms with Crippen molar-refractivity contribution in [3.63, 3.8) is 0 Å². The summed E-state index contributed by atoms with van der Waals surface area (Å²) in [6.07, 6.45) is 1.75. The summed E-state index contributed by atoms with van der Waals surface area (Å²) in [5.74, 6) is 1.48. The Balaban J connectivity index is 1.65. The second-order valence-corrected chi connectivity index (χ2v) is 8.87. The van der Waals surface area contributed by atoms with Crippen LogP contribution in [0, 0.1) is 6.92 Å². The fourth-order valence-corrected chi connectivity index (χ4v) is 4.71. The molecule has 2 N–H and O–H groups in total. The molecule has 1 aliphatic rings. The molecular weight excluding hydrogens is 434 g/mol. The molecule has 0 fully saturated rings. The highest BCUT2D eigenvalue weighted by Crippen LogP contribution is 2.38. The summed E-state index contributed by atoms with van der Waals surface area (Å²) < 4.78 is 7.18. The lowest BCUT2D eigenvalue weighted by molar-refractivity contribution is -0.116. The molecule has 0 saturated carbocycles. The number of carbonyl (C=O) groups is 1. The Morgan fingerprint density at radius 3 is 2.71 bits per heavy atom. The first-order chi connectivity index (χ1) is 15.0. The van der Waals surface area contributed by atoms with Crippen molar-refractivity contribution < 1.29 is 9.53 Å². The van der Waals surface area contributed by atoms with Crippen molar-refractivity contribution in [3.8, 4) is 5.75 Å². The van der Waals surface area contributed by atoms with Crippen LogP contribution in [0.1, 0.15) is 36.3 Å². The highest BCUT2D eigenvalue weighted by Gasteiger charge is 2.37. The molecule has 2 aromatic carbocycles. The van der Waals surface area contributed by atoms with Crippen LogP contribution in [-0.2, 0) is 11.2 Å². The number of anilines is 1. The van der Waals surface area contributed by atoms with Gasteiger partial charge in [0.25, 0.3) is 0 Å². The number of hydrogen-bond acceptors (Lipinski definition) is 6. The number of nitrogens with one attached hydrogen (secondary N) is 2. The maximum atomic E-state index is 13.3. The summed E-state index contributed by atoms with van der Waals surface area (Å²) >= 11 is 7.64. The number of aromatic nitrogens is 3. The number of fused-ring (bicyclic) bond motifs is 1. The van der Waals surface area contributed by atoms with Crippen molar-refractivity contribution in [1.82, 2.24) is 14.9 Å². The minimum absolute atomic E-state index is 0.135. The molecule has 0 bridgehead atoms. The first kappa shape index (κ1) is 21.5. The number of methoxy groups -OCH3 is 1. The number of nitrogens with zero attached hydrogens (tertiary/aromatic N) is 3. The number of carbonyl (C=O) groups excluding carboxylic acids is 1. The molecule has 1 aromatic heterocycles. The van der Waals surface area contributed by atoms with Gasteiger partial charge in [0.15, 0.2) is 5.82 Å². The average Bonchev–Trinajstić information content (AvgIpc) is 3.17. The van der Waals surface area contributed by atoms with Gasteiger partial charge in [0, 0.05) is 17.1 Å². The van der Waals surface area contributed by atoms with Crippen molar-refractivity contribution >= 4 is 35.0 Å². The maximum absolute atomic E-state index is 13.3. The Bertz CT molecular complexity index is 1090. The average molecular weight is 458 g/mol. The van der Waals surface area contributed by atoms with Gasteiger partial charge in [-0.15, -0.1) is 10.2 Å². The molecule has 4 rings (SSSR count). The fraction of sp³-hybridized carbons (Fsp3) is 0.318. The number of ether oxygens (including phenoxy) is 1. The topological polar surface area (TPSA) is 81.1 Å². The summed E-state index contributed by atoms with van der Waals surface area (Å²) in [6, 6.07) is 12.9. The lowest BCUT2D eigenvalue weighted by Crippen LogP contribution is -2.41. The van der Waals surface area contributed by atoms with Crippen LogP contribution in [0.15, 0.2) is 47.6 Å². The quantitative estimate of drug-likeness (QED) is 0.563. The number of halogens is 1. The molecule has 2 heterocycles. The van der Waals surface area contributed by atoms with Crippen LogP contribution in [0.5, 0.6) is 5.75 Å². The van der Waals surface area contributed by atoms with Crippen molar-refractivity contribution in [2.75, 3.05) is 17.9 Å². The third-order valence-electron chi connectivity index (χ3n) is 5.15. The van der Waals surface area contributed by atoms with E-state index in [0.29, 0.717) is 15.9 Å². The SMILES string of the molecule is CCCc1nnc2n1N[C@H](c1ccc(OC)cc1)[C@H](C(=O)Nc1ccc(C)c(Cl)c1)S2. The summed E-state index contributed by atoms with van der Waals surface area (Å²) in [4.78, 5) is 13.3. The van der Waals surface area contributed by atoms with Crippen LogP contribution in [0.2, 0.25) is 5.02 Å². The number of hydrogen-bond donors (Lipinski definition) is 2.